The summed E-state index contributed by atoms with van der Waals surface area (Å²) in [5.41, 5.74) is 0. The Kier molecular flexibility index (Phi) is 5.97. The van der Waals surface area contributed by atoms with Crippen LogP contribution < -0.4 is 0 Å². The summed E-state index contributed by atoms with van der Waals surface area (Å²) in [6.07, 6.45) is 10.3. The quantitative estimate of drug-likeness (QED) is 0.395. The van der Waals surface area contributed by atoms with Crippen LogP contribution in [-0.2, 0) is 9.59 Å². The Morgan fingerprint density at radius 2 is 1.85 bits per heavy atom. The van der Waals surface area contributed by atoms with E-state index in [4.69, 9.17) is 5.11 Å². The Labute approximate surface area is 77.1 Å². The van der Waals surface area contributed by atoms with E-state index in [1.165, 1.54) is 19.1 Å². The minimum absolute atomic E-state index is 0.0225. The van der Waals surface area contributed by atoms with Crippen LogP contribution in [0.15, 0.2) is 36.5 Å². The van der Waals surface area contributed by atoms with Crippen LogP contribution in [0.5, 0.6) is 0 Å². The molecule has 0 aromatic rings. The van der Waals surface area contributed by atoms with Gasteiger partial charge in [0.05, 0.1) is 6.08 Å². The molecule has 0 rings (SSSR count). The normalized spacial score (nSPS) is 11.5. The van der Waals surface area contributed by atoms with Crippen LogP contribution in [0, 0.1) is 6.42 Å². The molecule has 0 heterocycles. The van der Waals surface area contributed by atoms with Crippen molar-refractivity contribution in [1.82, 2.24) is 0 Å². The Hall–Kier alpha value is -1.77. The number of allylic oxidation sites excluding steroid dienone is 5. The highest BCUT2D eigenvalue weighted by atomic mass is 16.4. The van der Waals surface area contributed by atoms with Crippen LogP contribution in [0.3, 0.4) is 0 Å². The van der Waals surface area contributed by atoms with E-state index in [0.29, 0.717) is 0 Å². The highest BCUT2D eigenvalue weighted by Gasteiger charge is 1.88. The Morgan fingerprint density at radius 3 is 2.38 bits per heavy atom. The molecule has 0 radical (unpaired) electrons. The van der Waals surface area contributed by atoms with Gasteiger partial charge < -0.3 is 5.11 Å². The van der Waals surface area contributed by atoms with Gasteiger partial charge in [0, 0.05) is 18.6 Å². The topological polar surface area (TPSA) is 54.4 Å². The molecule has 0 bridgehead atoms. The van der Waals surface area contributed by atoms with Crippen molar-refractivity contribution in [2.45, 2.75) is 6.92 Å². The lowest BCUT2D eigenvalue weighted by Gasteiger charge is -1.73. The number of ketones is 1. The maximum atomic E-state index is 10.4. The molecular formula is C10H11O3+. The second-order valence-corrected chi connectivity index (χ2v) is 2.24. The smallest absolute Gasteiger partial charge is 0.384 e. The van der Waals surface area contributed by atoms with Crippen LogP contribution in [0.25, 0.3) is 0 Å². The summed E-state index contributed by atoms with van der Waals surface area (Å²) < 4.78 is 0. The molecule has 1 N–H and O–H groups in total. The van der Waals surface area contributed by atoms with Crippen LogP contribution in [0.4, 0.5) is 0 Å². The van der Waals surface area contributed by atoms with Gasteiger partial charge in [-0.3, -0.25) is 4.79 Å². The van der Waals surface area contributed by atoms with Gasteiger partial charge in [0.2, 0.25) is 0 Å². The van der Waals surface area contributed by atoms with Gasteiger partial charge in [0.15, 0.2) is 5.78 Å². The highest BCUT2D eigenvalue weighted by Crippen LogP contribution is 1.86. The monoisotopic (exact) mass is 179 g/mol. The van der Waals surface area contributed by atoms with Crippen molar-refractivity contribution in [2.75, 3.05) is 0 Å². The fraction of sp³-hybridized carbons (Fsp3) is 0.100. The second-order valence-electron chi connectivity index (χ2n) is 2.24. The number of carbonyl (C=O) groups excluding carboxylic acids is 1. The number of hydrogen-bond acceptors (Lipinski definition) is 2. The summed E-state index contributed by atoms with van der Waals surface area (Å²) in [6.45, 7) is 1.46. The molecular weight excluding hydrogens is 168 g/mol. The lowest BCUT2D eigenvalue weighted by Crippen LogP contribution is -1.84. The Morgan fingerprint density at radius 1 is 1.15 bits per heavy atom. The SMILES string of the molecule is CC(=O)C=CC=C[CH+]C=CC(=O)O. The third-order valence-electron chi connectivity index (χ3n) is 1.01. The van der Waals surface area contributed by atoms with E-state index in [9.17, 15) is 9.59 Å². The summed E-state index contributed by atoms with van der Waals surface area (Å²) in [7, 11) is 0. The van der Waals surface area contributed by atoms with Gasteiger partial charge in [-0.25, -0.2) is 4.79 Å². The van der Waals surface area contributed by atoms with Gasteiger partial charge in [0.25, 0.3) is 0 Å². The van der Waals surface area contributed by atoms with Crippen LogP contribution in [0.1, 0.15) is 6.92 Å². The van der Waals surface area contributed by atoms with E-state index < -0.39 is 5.97 Å². The zero-order valence-electron chi connectivity index (χ0n) is 7.31. The first kappa shape index (κ1) is 11.2. The predicted molar refractivity (Wildman–Crippen MR) is 50.0 cm³/mol. The van der Waals surface area contributed by atoms with Gasteiger partial charge in [-0.1, -0.05) is 0 Å². The fourth-order valence-corrected chi connectivity index (χ4v) is 0.521. The lowest BCUT2D eigenvalue weighted by molar-refractivity contribution is -0.131. The molecule has 0 aromatic heterocycles. The van der Waals surface area contributed by atoms with Crippen molar-refractivity contribution in [1.29, 1.82) is 0 Å². The second kappa shape index (κ2) is 6.91. The summed E-state index contributed by atoms with van der Waals surface area (Å²) in [4.78, 5) is 20.4. The minimum Gasteiger partial charge on any atom is -0.468 e. The average molecular weight is 179 g/mol. The maximum Gasteiger partial charge on any atom is 0.384 e. The molecule has 0 aliphatic rings. The van der Waals surface area contributed by atoms with Crippen molar-refractivity contribution < 1.29 is 14.7 Å². The number of carboxylic acid groups (broad SMARTS) is 1. The van der Waals surface area contributed by atoms with Crippen molar-refractivity contribution in [2.24, 2.45) is 0 Å². The summed E-state index contributed by atoms with van der Waals surface area (Å²) >= 11 is 0. The fourth-order valence-electron chi connectivity index (χ4n) is 0.521. The number of aliphatic carboxylic acids is 1. The number of hydrogen-bond donors (Lipinski definition) is 1. The number of rotatable bonds is 5. The molecule has 13 heavy (non-hydrogen) atoms. The molecule has 3 nitrogen and oxygen atoms in total. The molecule has 0 aromatic carbocycles. The van der Waals surface area contributed by atoms with Crippen molar-refractivity contribution in [3.05, 3.63) is 42.9 Å². The van der Waals surface area contributed by atoms with E-state index in [0.717, 1.165) is 6.08 Å². The lowest BCUT2D eigenvalue weighted by atomic mass is 10.3. The molecule has 0 saturated heterocycles. The third-order valence-corrected chi connectivity index (χ3v) is 1.01. The van der Waals surface area contributed by atoms with Gasteiger partial charge in [-0.2, -0.15) is 0 Å². The van der Waals surface area contributed by atoms with E-state index in [1.54, 1.807) is 24.6 Å². The Bertz CT molecular complexity index is 259. The van der Waals surface area contributed by atoms with Gasteiger partial charge >= 0.3 is 5.97 Å². The summed E-state index contributed by atoms with van der Waals surface area (Å²) in [6, 6.07) is 0. The van der Waals surface area contributed by atoms with Crippen molar-refractivity contribution in [3.8, 4) is 0 Å². The maximum absolute atomic E-state index is 10.4. The minimum atomic E-state index is -0.982. The van der Waals surface area contributed by atoms with E-state index >= 15 is 0 Å². The molecule has 0 spiro atoms. The molecule has 68 valence electrons. The van der Waals surface area contributed by atoms with E-state index in [-0.39, 0.29) is 5.78 Å². The molecule has 0 fully saturated rings. The van der Waals surface area contributed by atoms with Crippen LogP contribution in [0.2, 0.25) is 0 Å². The average Bonchev–Trinajstić information content (AvgIpc) is 2.01. The first-order valence-corrected chi connectivity index (χ1v) is 3.71. The molecule has 0 aliphatic heterocycles. The highest BCUT2D eigenvalue weighted by molar-refractivity contribution is 5.87. The van der Waals surface area contributed by atoms with Gasteiger partial charge in [0.1, 0.15) is 6.08 Å². The first-order chi connectivity index (χ1) is 6.13. The third kappa shape index (κ3) is 10.2. The van der Waals surface area contributed by atoms with E-state index in [1.807, 2.05) is 0 Å². The van der Waals surface area contributed by atoms with E-state index in [2.05, 4.69) is 0 Å². The zero-order valence-corrected chi connectivity index (χ0v) is 7.31. The molecule has 3 heteroatoms. The largest absolute Gasteiger partial charge is 0.468 e. The van der Waals surface area contributed by atoms with Gasteiger partial charge in [-0.15, -0.1) is 0 Å². The number of carboxylic acids is 1. The molecule has 0 saturated carbocycles. The standard InChI is InChI=1S/C10H10O3/c1-9(11)7-5-3-2-4-6-8-10(12)13/h2-8H,1H3/p+1. The van der Waals surface area contributed by atoms with Gasteiger partial charge in [-0.05, 0) is 19.1 Å². The first-order valence-electron chi connectivity index (χ1n) is 3.71. The molecule has 0 atom stereocenters. The summed E-state index contributed by atoms with van der Waals surface area (Å²) in [5, 5.41) is 8.20. The molecule has 0 amide bonds. The van der Waals surface area contributed by atoms with Crippen molar-refractivity contribution in [3.63, 3.8) is 0 Å². The van der Waals surface area contributed by atoms with Crippen molar-refractivity contribution >= 4 is 11.8 Å². The molecule has 0 aliphatic carbocycles. The van der Waals surface area contributed by atoms with Crippen LogP contribution >= 0.6 is 0 Å². The number of carbonyl (C=O) groups is 2. The predicted octanol–water partition coefficient (Wildman–Crippen LogP) is 1.53. The zero-order chi connectivity index (χ0) is 10.1. The summed E-state index contributed by atoms with van der Waals surface area (Å²) in [5.74, 6) is -1.00. The van der Waals surface area contributed by atoms with Crippen LogP contribution in [-0.4, -0.2) is 16.9 Å². The molecule has 0 unspecified atom stereocenters. The Balaban J connectivity index is 3.65.